The van der Waals surface area contributed by atoms with Crippen LogP contribution in [-0.2, 0) is 0 Å². The highest BCUT2D eigenvalue weighted by Crippen LogP contribution is 2.22. The molecule has 2 saturated heterocycles. The molecule has 2 aliphatic rings. The maximum absolute atomic E-state index is 4.45. The van der Waals surface area contributed by atoms with Gasteiger partial charge >= 0.3 is 0 Å². The molecule has 4 heterocycles. The van der Waals surface area contributed by atoms with Crippen LogP contribution in [0.3, 0.4) is 0 Å². The molecule has 2 aromatic heterocycles. The molecule has 2 aliphatic heterocycles. The zero-order valence-electron chi connectivity index (χ0n) is 13.3. The van der Waals surface area contributed by atoms with Crippen LogP contribution in [0.4, 0.5) is 11.8 Å². The Labute approximate surface area is 136 Å². The van der Waals surface area contributed by atoms with Crippen LogP contribution in [0.2, 0.25) is 0 Å². The van der Waals surface area contributed by atoms with Gasteiger partial charge in [-0.15, -0.1) is 0 Å². The molecule has 2 aromatic rings. The van der Waals surface area contributed by atoms with E-state index in [-0.39, 0.29) is 0 Å². The molecule has 0 radical (unpaired) electrons. The van der Waals surface area contributed by atoms with Gasteiger partial charge in [0.2, 0.25) is 5.95 Å². The molecule has 120 valence electrons. The molecule has 7 nitrogen and oxygen atoms in total. The van der Waals surface area contributed by atoms with Gasteiger partial charge in [-0.3, -0.25) is 9.88 Å². The van der Waals surface area contributed by atoms with Crippen molar-refractivity contribution in [1.29, 1.82) is 0 Å². The fraction of sp³-hybridized carbons (Fsp3) is 0.500. The average molecular weight is 311 g/mol. The van der Waals surface area contributed by atoms with Crippen molar-refractivity contribution < 1.29 is 0 Å². The van der Waals surface area contributed by atoms with Gasteiger partial charge in [0.25, 0.3) is 0 Å². The fourth-order valence-electron chi connectivity index (χ4n) is 3.16. The van der Waals surface area contributed by atoms with Gasteiger partial charge in [0, 0.05) is 57.7 Å². The minimum absolute atomic E-state index is 0.622. The number of hydrogen-bond acceptors (Lipinski definition) is 7. The van der Waals surface area contributed by atoms with Gasteiger partial charge in [-0.05, 0) is 13.0 Å². The van der Waals surface area contributed by atoms with E-state index in [9.17, 15) is 0 Å². The summed E-state index contributed by atoms with van der Waals surface area (Å²) in [5.41, 5.74) is 0.963. The first-order chi connectivity index (χ1) is 11.3. The minimum atomic E-state index is 0.622. The lowest BCUT2D eigenvalue weighted by Crippen LogP contribution is -2.63. The number of piperazine rings is 1. The zero-order valence-corrected chi connectivity index (χ0v) is 13.3. The van der Waals surface area contributed by atoms with Crippen LogP contribution in [0, 0.1) is 6.92 Å². The summed E-state index contributed by atoms with van der Waals surface area (Å²) in [6.45, 7) is 8.16. The van der Waals surface area contributed by atoms with E-state index in [2.05, 4.69) is 34.6 Å². The summed E-state index contributed by atoms with van der Waals surface area (Å²) in [6, 6.07) is 2.48. The van der Waals surface area contributed by atoms with Gasteiger partial charge in [-0.2, -0.15) is 0 Å². The molecule has 0 unspecified atom stereocenters. The van der Waals surface area contributed by atoms with Gasteiger partial charge in [0.05, 0.1) is 18.1 Å². The molecule has 0 bridgehead atoms. The summed E-state index contributed by atoms with van der Waals surface area (Å²) in [4.78, 5) is 24.6. The van der Waals surface area contributed by atoms with Crippen LogP contribution < -0.4 is 9.80 Å². The van der Waals surface area contributed by atoms with E-state index in [0.717, 1.165) is 56.7 Å². The van der Waals surface area contributed by atoms with E-state index in [1.165, 1.54) is 0 Å². The number of hydrogen-bond donors (Lipinski definition) is 0. The Balaban J connectivity index is 1.28. The van der Waals surface area contributed by atoms with Crippen LogP contribution in [0.5, 0.6) is 0 Å². The van der Waals surface area contributed by atoms with Crippen molar-refractivity contribution in [2.45, 2.75) is 13.0 Å². The maximum Gasteiger partial charge on any atom is 0.225 e. The Morgan fingerprint density at radius 2 is 1.61 bits per heavy atom. The molecule has 0 saturated carbocycles. The second kappa shape index (κ2) is 6.08. The summed E-state index contributed by atoms with van der Waals surface area (Å²) in [5.74, 6) is 1.83. The number of aryl methyl sites for hydroxylation is 1. The van der Waals surface area contributed by atoms with E-state index in [0.29, 0.717) is 6.04 Å². The molecule has 0 atom stereocenters. The topological polar surface area (TPSA) is 61.3 Å². The van der Waals surface area contributed by atoms with E-state index in [1.54, 1.807) is 12.4 Å². The third-order valence-electron chi connectivity index (χ3n) is 4.62. The van der Waals surface area contributed by atoms with Crippen molar-refractivity contribution in [3.8, 4) is 0 Å². The van der Waals surface area contributed by atoms with Crippen LogP contribution >= 0.6 is 0 Å². The quantitative estimate of drug-likeness (QED) is 0.822. The molecule has 4 rings (SSSR count). The predicted molar refractivity (Wildman–Crippen MR) is 88.6 cm³/mol. The van der Waals surface area contributed by atoms with Crippen molar-refractivity contribution in [3.63, 3.8) is 0 Å². The van der Waals surface area contributed by atoms with Gasteiger partial charge in [0.1, 0.15) is 5.82 Å². The number of aromatic nitrogens is 4. The molecule has 2 fully saturated rings. The van der Waals surface area contributed by atoms with Crippen LogP contribution in [0.15, 0.2) is 30.9 Å². The van der Waals surface area contributed by atoms with E-state index < -0.39 is 0 Å². The Hall–Kier alpha value is -2.28. The summed E-state index contributed by atoms with van der Waals surface area (Å²) in [5, 5.41) is 0. The lowest BCUT2D eigenvalue weighted by molar-refractivity contribution is 0.156. The van der Waals surface area contributed by atoms with Crippen LogP contribution in [0.25, 0.3) is 0 Å². The summed E-state index contributed by atoms with van der Waals surface area (Å²) in [7, 11) is 0. The average Bonchev–Trinajstić information content (AvgIpc) is 2.57. The van der Waals surface area contributed by atoms with Crippen LogP contribution in [-0.4, -0.2) is 70.1 Å². The third kappa shape index (κ3) is 2.96. The SMILES string of the molecule is Cc1cnc(N2CC(N3CCN(c4ncccn4)CC3)C2)cn1. The number of anilines is 2. The van der Waals surface area contributed by atoms with Crippen molar-refractivity contribution in [2.75, 3.05) is 49.1 Å². The smallest absolute Gasteiger partial charge is 0.225 e. The highest BCUT2D eigenvalue weighted by atomic mass is 15.4. The standard InChI is InChI=1S/C16H21N7/c1-13-9-20-15(10-19-13)23-11-14(12-23)21-5-7-22(8-6-21)16-17-3-2-4-18-16/h2-4,9-10,14H,5-8,11-12H2,1H3. The molecule has 23 heavy (non-hydrogen) atoms. The van der Waals surface area contributed by atoms with Gasteiger partial charge in [-0.1, -0.05) is 0 Å². The first kappa shape index (κ1) is 14.3. The highest BCUT2D eigenvalue weighted by Gasteiger charge is 2.34. The number of nitrogens with zero attached hydrogens (tertiary/aromatic N) is 7. The predicted octanol–water partition coefficient (Wildman–Crippen LogP) is 0.586. The molecule has 0 aliphatic carbocycles. The molecular formula is C16H21N7. The van der Waals surface area contributed by atoms with Crippen molar-refractivity contribution in [2.24, 2.45) is 0 Å². The molecule has 0 amide bonds. The zero-order chi connectivity index (χ0) is 15.6. The second-order valence-corrected chi connectivity index (χ2v) is 6.15. The highest BCUT2D eigenvalue weighted by molar-refractivity contribution is 5.40. The molecule has 0 N–H and O–H groups in total. The molecule has 0 aromatic carbocycles. The summed E-state index contributed by atoms with van der Waals surface area (Å²) in [6.07, 6.45) is 7.32. The normalized spacial score (nSPS) is 19.7. The van der Waals surface area contributed by atoms with E-state index >= 15 is 0 Å². The third-order valence-corrected chi connectivity index (χ3v) is 4.62. The first-order valence-corrected chi connectivity index (χ1v) is 8.09. The first-order valence-electron chi connectivity index (χ1n) is 8.09. The van der Waals surface area contributed by atoms with Crippen LogP contribution in [0.1, 0.15) is 5.69 Å². The Morgan fingerprint density at radius 3 is 2.26 bits per heavy atom. The Kier molecular flexibility index (Phi) is 3.78. The summed E-state index contributed by atoms with van der Waals surface area (Å²) >= 11 is 0. The molecule has 0 spiro atoms. The number of rotatable bonds is 3. The van der Waals surface area contributed by atoms with Crippen molar-refractivity contribution in [1.82, 2.24) is 24.8 Å². The van der Waals surface area contributed by atoms with Gasteiger partial charge in [0.15, 0.2) is 0 Å². The second-order valence-electron chi connectivity index (χ2n) is 6.15. The largest absolute Gasteiger partial charge is 0.352 e. The van der Waals surface area contributed by atoms with Gasteiger partial charge in [-0.25, -0.2) is 15.0 Å². The lowest BCUT2D eigenvalue weighted by atomic mass is 10.1. The van der Waals surface area contributed by atoms with Crippen molar-refractivity contribution in [3.05, 3.63) is 36.5 Å². The van der Waals surface area contributed by atoms with Crippen molar-refractivity contribution >= 4 is 11.8 Å². The minimum Gasteiger partial charge on any atom is -0.352 e. The lowest BCUT2D eigenvalue weighted by Gasteiger charge is -2.48. The Morgan fingerprint density at radius 1 is 0.870 bits per heavy atom. The van der Waals surface area contributed by atoms with E-state index in [4.69, 9.17) is 0 Å². The molecule has 7 heteroatoms. The van der Waals surface area contributed by atoms with Gasteiger partial charge < -0.3 is 9.80 Å². The summed E-state index contributed by atoms with van der Waals surface area (Å²) < 4.78 is 0. The Bertz CT molecular complexity index is 631. The molecular weight excluding hydrogens is 290 g/mol. The fourth-order valence-corrected chi connectivity index (χ4v) is 3.16. The monoisotopic (exact) mass is 311 g/mol. The maximum atomic E-state index is 4.45. The van der Waals surface area contributed by atoms with E-state index in [1.807, 2.05) is 25.4 Å².